The molecule has 8 heteroatoms. The predicted molar refractivity (Wildman–Crippen MR) is 113 cm³/mol. The zero-order valence-electron chi connectivity index (χ0n) is 17.0. The topological polar surface area (TPSA) is 96.8 Å². The Bertz CT molecular complexity index is 1140. The summed E-state index contributed by atoms with van der Waals surface area (Å²) in [5, 5.41) is 0. The molecular formula is C22H24N2O5S. The van der Waals surface area contributed by atoms with Gasteiger partial charge in [0, 0.05) is 31.7 Å². The van der Waals surface area contributed by atoms with Crippen LogP contribution >= 0.6 is 0 Å². The van der Waals surface area contributed by atoms with Crippen molar-refractivity contribution < 1.29 is 21.9 Å². The number of rotatable bonds is 2. The fraction of sp³-hybridized carbons (Fsp3) is 0.364. The van der Waals surface area contributed by atoms with Crippen LogP contribution in [0.5, 0.6) is 5.88 Å². The molecule has 2 heterocycles. The van der Waals surface area contributed by atoms with Crippen LogP contribution in [0, 0.1) is 6.92 Å². The van der Waals surface area contributed by atoms with Gasteiger partial charge in [-0.3, -0.25) is 9.35 Å². The lowest BCUT2D eigenvalue weighted by Crippen LogP contribution is -2.34. The molecule has 7 nitrogen and oxygen atoms in total. The van der Waals surface area contributed by atoms with Crippen molar-refractivity contribution in [1.29, 1.82) is 0 Å². The number of aromatic nitrogens is 1. The normalized spacial score (nSPS) is 16.6. The third-order valence-corrected chi connectivity index (χ3v) is 6.12. The highest BCUT2D eigenvalue weighted by Crippen LogP contribution is 2.38. The Morgan fingerprint density at radius 2 is 1.77 bits per heavy atom. The summed E-state index contributed by atoms with van der Waals surface area (Å²) in [7, 11) is -4.66. The molecule has 0 atom stereocenters. The number of fused-ring (bicyclic) bond motifs is 2. The van der Waals surface area contributed by atoms with Crippen LogP contribution in [0.2, 0.25) is 0 Å². The molecule has 1 N–H and O–H groups in total. The van der Waals surface area contributed by atoms with Crippen LogP contribution < -0.4 is 4.18 Å². The first-order valence-electron chi connectivity index (χ1n) is 9.96. The number of carbonyl (C=O) groups is 1. The SMILES string of the molecule is CC(=O)N1CCC(=C2c3ccc(C)cc3CCc3ccc(OS(=O)(=O)O)nc32)CC1. The number of pyridine rings is 1. The molecule has 1 aliphatic carbocycles. The van der Waals surface area contributed by atoms with E-state index in [1.54, 1.807) is 6.92 Å². The Labute approximate surface area is 176 Å². The van der Waals surface area contributed by atoms with Crippen molar-refractivity contribution in [3.8, 4) is 5.88 Å². The van der Waals surface area contributed by atoms with Crippen LogP contribution in [0.25, 0.3) is 5.57 Å². The fourth-order valence-electron chi connectivity index (χ4n) is 4.31. The zero-order valence-corrected chi connectivity index (χ0v) is 17.8. The van der Waals surface area contributed by atoms with Crippen molar-refractivity contribution in [2.45, 2.75) is 39.5 Å². The highest BCUT2D eigenvalue weighted by molar-refractivity contribution is 7.81. The summed E-state index contributed by atoms with van der Waals surface area (Å²) in [4.78, 5) is 18.1. The van der Waals surface area contributed by atoms with Gasteiger partial charge in [-0.05, 0) is 49.3 Å². The van der Waals surface area contributed by atoms with E-state index < -0.39 is 10.4 Å². The van der Waals surface area contributed by atoms with Crippen LogP contribution in [-0.2, 0) is 28.0 Å². The highest BCUT2D eigenvalue weighted by atomic mass is 32.3. The second kappa shape index (κ2) is 7.85. The lowest BCUT2D eigenvalue weighted by atomic mass is 9.88. The van der Waals surface area contributed by atoms with Crippen molar-refractivity contribution in [2.75, 3.05) is 13.1 Å². The molecule has 158 valence electrons. The molecule has 0 saturated carbocycles. The van der Waals surface area contributed by atoms with Gasteiger partial charge in [0.2, 0.25) is 11.8 Å². The second-order valence-electron chi connectivity index (χ2n) is 7.81. The van der Waals surface area contributed by atoms with Crippen molar-refractivity contribution in [2.24, 2.45) is 0 Å². The smallest absolute Gasteiger partial charge is 0.342 e. The summed E-state index contributed by atoms with van der Waals surface area (Å²) in [5.74, 6) is -0.0932. The van der Waals surface area contributed by atoms with Gasteiger partial charge in [-0.1, -0.05) is 35.4 Å². The van der Waals surface area contributed by atoms with Crippen LogP contribution in [0.1, 0.15) is 47.7 Å². The molecule has 2 aromatic rings. The van der Waals surface area contributed by atoms with Gasteiger partial charge in [0.1, 0.15) is 0 Å². The lowest BCUT2D eigenvalue weighted by Gasteiger charge is -2.29. The molecule has 1 aromatic carbocycles. The molecule has 0 spiro atoms. The third kappa shape index (κ3) is 4.24. The van der Waals surface area contributed by atoms with Gasteiger partial charge in [0.25, 0.3) is 0 Å². The van der Waals surface area contributed by atoms with E-state index in [4.69, 9.17) is 4.55 Å². The van der Waals surface area contributed by atoms with E-state index in [2.05, 4.69) is 34.3 Å². The van der Waals surface area contributed by atoms with Crippen molar-refractivity contribution in [3.05, 3.63) is 63.9 Å². The molecule has 1 saturated heterocycles. The number of carbonyl (C=O) groups excluding carboxylic acids is 1. The first-order valence-corrected chi connectivity index (χ1v) is 11.3. The summed E-state index contributed by atoms with van der Waals surface area (Å²) in [6.07, 6.45) is 3.07. The number of hydrogen-bond acceptors (Lipinski definition) is 5. The number of hydrogen-bond donors (Lipinski definition) is 1. The highest BCUT2D eigenvalue weighted by Gasteiger charge is 2.26. The predicted octanol–water partition coefficient (Wildman–Crippen LogP) is 3.11. The number of aryl methyl sites for hydroxylation is 3. The second-order valence-corrected chi connectivity index (χ2v) is 8.84. The van der Waals surface area contributed by atoms with Crippen LogP contribution in [0.3, 0.4) is 0 Å². The molecule has 0 bridgehead atoms. The molecule has 1 aromatic heterocycles. The van der Waals surface area contributed by atoms with Crippen LogP contribution in [0.4, 0.5) is 0 Å². The third-order valence-electron chi connectivity index (χ3n) is 5.74. The van der Waals surface area contributed by atoms with Gasteiger partial charge >= 0.3 is 10.4 Å². The van der Waals surface area contributed by atoms with Gasteiger partial charge in [0.05, 0.1) is 5.69 Å². The average Bonchev–Trinajstić information content (AvgIpc) is 2.83. The molecule has 1 amide bonds. The van der Waals surface area contributed by atoms with Gasteiger partial charge in [0.15, 0.2) is 0 Å². The maximum absolute atomic E-state index is 11.7. The quantitative estimate of drug-likeness (QED) is 0.739. The number of amides is 1. The van der Waals surface area contributed by atoms with Gasteiger partial charge in [-0.15, -0.1) is 0 Å². The maximum Gasteiger partial charge on any atom is 0.447 e. The molecule has 1 aliphatic heterocycles. The molecule has 30 heavy (non-hydrogen) atoms. The minimum atomic E-state index is -4.66. The Morgan fingerprint density at radius 1 is 1.07 bits per heavy atom. The van der Waals surface area contributed by atoms with Crippen molar-refractivity contribution in [3.63, 3.8) is 0 Å². The molecule has 0 radical (unpaired) electrons. The van der Waals surface area contributed by atoms with E-state index in [1.807, 2.05) is 11.0 Å². The summed E-state index contributed by atoms with van der Waals surface area (Å²) >= 11 is 0. The minimum absolute atomic E-state index is 0.0679. The first kappa shape index (κ1) is 20.6. The van der Waals surface area contributed by atoms with E-state index >= 15 is 0 Å². The monoisotopic (exact) mass is 428 g/mol. The Hall–Kier alpha value is -2.71. The van der Waals surface area contributed by atoms with Crippen molar-refractivity contribution >= 4 is 21.9 Å². The fourth-order valence-corrected chi connectivity index (χ4v) is 4.62. The van der Waals surface area contributed by atoms with E-state index in [0.29, 0.717) is 18.8 Å². The number of piperidine rings is 1. The Balaban J connectivity index is 1.88. The largest absolute Gasteiger partial charge is 0.447 e. The molecule has 0 unspecified atom stereocenters. The molecule has 2 aliphatic rings. The average molecular weight is 429 g/mol. The van der Waals surface area contributed by atoms with E-state index in [1.165, 1.54) is 22.8 Å². The number of likely N-dealkylation sites (tertiary alicyclic amines) is 1. The van der Waals surface area contributed by atoms with Crippen LogP contribution in [0.15, 0.2) is 35.9 Å². The van der Waals surface area contributed by atoms with E-state index in [9.17, 15) is 13.2 Å². The summed E-state index contributed by atoms with van der Waals surface area (Å²) in [6, 6.07) is 9.62. The van der Waals surface area contributed by atoms with E-state index in [-0.39, 0.29) is 11.8 Å². The zero-order chi connectivity index (χ0) is 21.5. The first-order chi connectivity index (χ1) is 14.2. The molecular weight excluding hydrogens is 404 g/mol. The Kier molecular flexibility index (Phi) is 5.38. The maximum atomic E-state index is 11.7. The van der Waals surface area contributed by atoms with Gasteiger partial charge in [-0.2, -0.15) is 8.42 Å². The molecule has 1 fully saturated rings. The van der Waals surface area contributed by atoms with Gasteiger partial charge < -0.3 is 9.08 Å². The lowest BCUT2D eigenvalue weighted by molar-refractivity contribution is -0.129. The Morgan fingerprint density at radius 3 is 2.43 bits per heavy atom. The standard InChI is InChI=1S/C22H24N2O5S/c1-14-3-7-19-18(13-14)5-4-17-6-8-20(29-30(26,27)28)23-22(17)21(19)16-9-11-24(12-10-16)15(2)25/h3,6-8,13H,4-5,9-12H2,1-2H3,(H,26,27,28). The summed E-state index contributed by atoms with van der Waals surface area (Å²) in [5.41, 5.74) is 7.36. The van der Waals surface area contributed by atoms with E-state index in [0.717, 1.165) is 42.4 Å². The summed E-state index contributed by atoms with van der Waals surface area (Å²) < 4.78 is 36.1. The van der Waals surface area contributed by atoms with Crippen LogP contribution in [-0.4, -0.2) is 41.9 Å². The summed E-state index contributed by atoms with van der Waals surface area (Å²) in [6.45, 7) is 4.93. The number of nitrogens with zero attached hydrogens (tertiary/aromatic N) is 2. The van der Waals surface area contributed by atoms with Crippen molar-refractivity contribution in [1.82, 2.24) is 9.88 Å². The van der Waals surface area contributed by atoms with Gasteiger partial charge in [-0.25, -0.2) is 4.98 Å². The number of benzene rings is 1. The minimum Gasteiger partial charge on any atom is -0.342 e. The molecule has 4 rings (SSSR count).